The lowest BCUT2D eigenvalue weighted by atomic mass is 10.1. The van der Waals surface area contributed by atoms with Gasteiger partial charge >= 0.3 is 0 Å². The number of ether oxygens (including phenoxy) is 1. The summed E-state index contributed by atoms with van der Waals surface area (Å²) in [4.78, 5) is 0. The van der Waals surface area contributed by atoms with Crippen LogP contribution in [-0.2, 0) is 19.4 Å². The summed E-state index contributed by atoms with van der Waals surface area (Å²) < 4.78 is 7.78. The Balaban J connectivity index is 1.67. The third-order valence-electron chi connectivity index (χ3n) is 4.11. The van der Waals surface area contributed by atoms with Crippen LogP contribution in [-0.4, -0.2) is 14.8 Å². The molecule has 0 aliphatic heterocycles. The Morgan fingerprint density at radius 1 is 1.04 bits per heavy atom. The number of hydrogen-bond donors (Lipinski definition) is 0. The zero-order valence-corrected chi connectivity index (χ0v) is 18.2. The molecular formula is C19H18Cl3N3OS. The van der Waals surface area contributed by atoms with Gasteiger partial charge in [-0.2, -0.15) is 0 Å². The van der Waals surface area contributed by atoms with Crippen LogP contribution in [0, 0.1) is 13.8 Å². The van der Waals surface area contributed by atoms with E-state index in [-0.39, 0.29) is 0 Å². The molecule has 0 unspecified atom stereocenters. The van der Waals surface area contributed by atoms with Crippen molar-refractivity contribution in [1.82, 2.24) is 14.8 Å². The second-order valence-electron chi connectivity index (χ2n) is 6.11. The maximum absolute atomic E-state index is 6.22. The second kappa shape index (κ2) is 8.74. The van der Waals surface area contributed by atoms with Crippen LogP contribution >= 0.6 is 46.6 Å². The minimum atomic E-state index is 0.317. The van der Waals surface area contributed by atoms with E-state index in [1.165, 1.54) is 11.8 Å². The first-order chi connectivity index (χ1) is 12.9. The van der Waals surface area contributed by atoms with Gasteiger partial charge in [0.25, 0.3) is 0 Å². The van der Waals surface area contributed by atoms with E-state index in [0.29, 0.717) is 22.4 Å². The summed E-state index contributed by atoms with van der Waals surface area (Å²) in [5.41, 5.74) is 2.86. The molecule has 8 heteroatoms. The number of rotatable bonds is 6. The normalized spacial score (nSPS) is 11.0. The fraction of sp³-hybridized carbons (Fsp3) is 0.263. The highest BCUT2D eigenvalue weighted by Gasteiger charge is 2.13. The van der Waals surface area contributed by atoms with Crippen LogP contribution in [0.2, 0.25) is 15.1 Å². The number of thioether (sulfide) groups is 1. The lowest BCUT2D eigenvalue weighted by Crippen LogP contribution is -2.04. The van der Waals surface area contributed by atoms with Gasteiger partial charge in [-0.3, -0.25) is 0 Å². The maximum atomic E-state index is 6.22. The summed E-state index contributed by atoms with van der Waals surface area (Å²) in [6, 6.07) is 9.32. The average molecular weight is 443 g/mol. The van der Waals surface area contributed by atoms with Gasteiger partial charge in [0.2, 0.25) is 0 Å². The molecule has 0 saturated carbocycles. The molecule has 1 heterocycles. The predicted molar refractivity (Wildman–Crippen MR) is 112 cm³/mol. The van der Waals surface area contributed by atoms with Crippen molar-refractivity contribution in [3.8, 4) is 5.75 Å². The highest BCUT2D eigenvalue weighted by Crippen LogP contribution is 2.31. The Bertz CT molecular complexity index is 932. The van der Waals surface area contributed by atoms with E-state index in [0.717, 1.165) is 38.4 Å². The van der Waals surface area contributed by atoms with Gasteiger partial charge in [-0.15, -0.1) is 10.2 Å². The molecule has 1 aromatic heterocycles. The van der Waals surface area contributed by atoms with E-state index in [2.05, 4.69) is 10.2 Å². The highest BCUT2D eigenvalue weighted by molar-refractivity contribution is 7.98. The van der Waals surface area contributed by atoms with Crippen molar-refractivity contribution in [1.29, 1.82) is 0 Å². The Hall–Kier alpha value is -1.40. The number of nitrogens with zero attached hydrogens (tertiary/aromatic N) is 3. The van der Waals surface area contributed by atoms with E-state index >= 15 is 0 Å². The van der Waals surface area contributed by atoms with E-state index < -0.39 is 0 Å². The Labute approximate surface area is 177 Å². The molecule has 142 valence electrons. The number of halogens is 3. The van der Waals surface area contributed by atoms with Crippen LogP contribution in [0.5, 0.6) is 5.75 Å². The first kappa shape index (κ1) is 20.3. The number of benzene rings is 2. The van der Waals surface area contributed by atoms with Gasteiger partial charge in [0.15, 0.2) is 11.0 Å². The quantitative estimate of drug-likeness (QED) is 0.422. The second-order valence-corrected chi connectivity index (χ2v) is 8.24. The van der Waals surface area contributed by atoms with Crippen LogP contribution < -0.4 is 4.74 Å². The van der Waals surface area contributed by atoms with Gasteiger partial charge in [0.1, 0.15) is 12.4 Å². The molecule has 0 aliphatic rings. The molecule has 3 aromatic rings. The lowest BCUT2D eigenvalue weighted by molar-refractivity contribution is 0.290. The van der Waals surface area contributed by atoms with E-state index in [1.54, 1.807) is 0 Å². The molecule has 0 atom stereocenters. The Morgan fingerprint density at radius 2 is 1.67 bits per heavy atom. The lowest BCUT2D eigenvalue weighted by Gasteiger charge is -2.10. The largest absolute Gasteiger partial charge is 0.486 e. The van der Waals surface area contributed by atoms with Crippen molar-refractivity contribution in [3.63, 3.8) is 0 Å². The first-order valence-electron chi connectivity index (χ1n) is 8.20. The van der Waals surface area contributed by atoms with Crippen LogP contribution in [0.3, 0.4) is 0 Å². The molecule has 3 rings (SSSR count). The van der Waals surface area contributed by atoms with E-state index in [1.807, 2.05) is 55.8 Å². The average Bonchev–Trinajstić information content (AvgIpc) is 2.97. The van der Waals surface area contributed by atoms with Crippen molar-refractivity contribution in [2.75, 3.05) is 0 Å². The Kier molecular flexibility index (Phi) is 6.58. The minimum absolute atomic E-state index is 0.317. The van der Waals surface area contributed by atoms with Crippen LogP contribution in [0.1, 0.15) is 22.5 Å². The van der Waals surface area contributed by atoms with Crippen molar-refractivity contribution in [3.05, 3.63) is 67.9 Å². The van der Waals surface area contributed by atoms with Crippen molar-refractivity contribution < 1.29 is 4.74 Å². The third-order valence-corrected chi connectivity index (χ3v) is 6.46. The molecule has 0 bridgehead atoms. The minimum Gasteiger partial charge on any atom is -0.486 e. The maximum Gasteiger partial charge on any atom is 0.191 e. The van der Waals surface area contributed by atoms with Crippen molar-refractivity contribution >= 4 is 46.6 Å². The van der Waals surface area contributed by atoms with Crippen LogP contribution in [0.4, 0.5) is 0 Å². The summed E-state index contributed by atoms with van der Waals surface area (Å²) in [5, 5.41) is 11.3. The zero-order valence-electron chi connectivity index (χ0n) is 15.1. The molecule has 0 fully saturated rings. The molecule has 0 saturated heterocycles. The summed E-state index contributed by atoms with van der Waals surface area (Å²) in [6.45, 7) is 4.23. The van der Waals surface area contributed by atoms with E-state index in [9.17, 15) is 0 Å². The zero-order chi connectivity index (χ0) is 19.6. The topological polar surface area (TPSA) is 39.9 Å². The summed E-state index contributed by atoms with van der Waals surface area (Å²) in [6.07, 6.45) is 0. The molecule has 27 heavy (non-hydrogen) atoms. The highest BCUT2D eigenvalue weighted by atomic mass is 35.5. The molecule has 4 nitrogen and oxygen atoms in total. The molecule has 0 radical (unpaired) electrons. The molecular weight excluding hydrogens is 425 g/mol. The molecule has 0 spiro atoms. The van der Waals surface area contributed by atoms with Gasteiger partial charge in [-0.1, -0.05) is 52.6 Å². The van der Waals surface area contributed by atoms with Crippen LogP contribution in [0.15, 0.2) is 35.5 Å². The van der Waals surface area contributed by atoms with Crippen molar-refractivity contribution in [2.45, 2.75) is 31.4 Å². The molecule has 0 amide bonds. The predicted octanol–water partition coefficient (Wildman–Crippen LogP) is 6.26. The fourth-order valence-electron chi connectivity index (χ4n) is 2.54. The van der Waals surface area contributed by atoms with Gasteiger partial charge < -0.3 is 9.30 Å². The fourth-order valence-corrected chi connectivity index (χ4v) is 4.32. The van der Waals surface area contributed by atoms with Crippen LogP contribution in [0.25, 0.3) is 0 Å². The number of aromatic nitrogens is 3. The standard InChI is InChI=1S/C19H18Cl3N3OS/c1-11-7-13(8-12(2)18(11)22)26-9-17-23-24-19(25(17)3)27-10-14-15(20)5-4-6-16(14)21/h4-8H,9-10H2,1-3H3. The third kappa shape index (κ3) is 4.72. The summed E-state index contributed by atoms with van der Waals surface area (Å²) in [5.74, 6) is 2.10. The first-order valence-corrected chi connectivity index (χ1v) is 10.3. The molecule has 0 N–H and O–H groups in total. The smallest absolute Gasteiger partial charge is 0.191 e. The van der Waals surface area contributed by atoms with Gasteiger partial charge in [-0.05, 0) is 54.8 Å². The summed E-state index contributed by atoms with van der Waals surface area (Å²) in [7, 11) is 1.91. The number of hydrogen-bond acceptors (Lipinski definition) is 4. The summed E-state index contributed by atoms with van der Waals surface area (Å²) >= 11 is 20.2. The SMILES string of the molecule is Cc1cc(OCc2nnc(SCc3c(Cl)cccc3Cl)n2C)cc(C)c1Cl. The molecule has 0 aliphatic carbocycles. The Morgan fingerprint density at radius 3 is 2.30 bits per heavy atom. The van der Waals surface area contributed by atoms with Gasteiger partial charge in [0, 0.05) is 27.9 Å². The van der Waals surface area contributed by atoms with Gasteiger partial charge in [-0.25, -0.2) is 0 Å². The van der Waals surface area contributed by atoms with Gasteiger partial charge in [0.05, 0.1) is 0 Å². The number of aryl methyl sites for hydroxylation is 2. The monoisotopic (exact) mass is 441 g/mol. The van der Waals surface area contributed by atoms with E-state index in [4.69, 9.17) is 39.5 Å². The molecule has 2 aromatic carbocycles. The van der Waals surface area contributed by atoms with Crippen molar-refractivity contribution in [2.24, 2.45) is 7.05 Å².